The van der Waals surface area contributed by atoms with E-state index in [1.807, 2.05) is 37.3 Å². The van der Waals surface area contributed by atoms with E-state index in [1.54, 1.807) is 7.11 Å². The Kier molecular flexibility index (Phi) is 6.04. The van der Waals surface area contributed by atoms with E-state index in [1.165, 1.54) is 25.7 Å². The molecule has 8 nitrogen and oxygen atoms in total. The van der Waals surface area contributed by atoms with Crippen LogP contribution in [0.3, 0.4) is 0 Å². The van der Waals surface area contributed by atoms with Gasteiger partial charge in [0.2, 0.25) is 11.9 Å². The average molecular weight is 357 g/mol. The zero-order valence-electron chi connectivity index (χ0n) is 15.8. The Bertz CT molecular complexity index is 714. The molecule has 1 aliphatic rings. The fourth-order valence-corrected chi connectivity index (χ4v) is 2.92. The van der Waals surface area contributed by atoms with E-state index in [0.717, 1.165) is 24.5 Å². The van der Waals surface area contributed by atoms with Crippen molar-refractivity contribution < 1.29 is 4.74 Å². The second-order valence-corrected chi connectivity index (χ2v) is 6.62. The van der Waals surface area contributed by atoms with Gasteiger partial charge in [0.15, 0.2) is 0 Å². The highest BCUT2D eigenvalue weighted by molar-refractivity contribution is 5.42. The summed E-state index contributed by atoms with van der Waals surface area (Å²) in [6, 6.07) is 4.36. The summed E-state index contributed by atoms with van der Waals surface area (Å²) in [6.45, 7) is 2.56. The summed E-state index contributed by atoms with van der Waals surface area (Å²) < 4.78 is 5.27. The van der Waals surface area contributed by atoms with Crippen molar-refractivity contribution in [2.45, 2.75) is 32.2 Å². The third kappa shape index (κ3) is 4.71. The molecule has 2 aromatic heterocycles. The van der Waals surface area contributed by atoms with E-state index < -0.39 is 0 Å². The Hall–Kier alpha value is -2.64. The Morgan fingerprint density at radius 2 is 1.88 bits per heavy atom. The third-order valence-corrected chi connectivity index (χ3v) is 4.39. The number of ether oxygens (including phenoxy) is 1. The molecule has 1 saturated heterocycles. The summed E-state index contributed by atoms with van der Waals surface area (Å²) >= 11 is 0. The van der Waals surface area contributed by atoms with Crippen molar-refractivity contribution in [2.24, 2.45) is 0 Å². The fourth-order valence-electron chi connectivity index (χ4n) is 2.92. The number of aromatic nitrogens is 4. The Morgan fingerprint density at radius 1 is 1.12 bits per heavy atom. The van der Waals surface area contributed by atoms with E-state index >= 15 is 0 Å². The summed E-state index contributed by atoms with van der Waals surface area (Å²) in [5.41, 5.74) is 1.11. The van der Waals surface area contributed by atoms with Gasteiger partial charge in [-0.2, -0.15) is 15.0 Å². The maximum absolute atomic E-state index is 5.27. The van der Waals surface area contributed by atoms with Crippen LogP contribution in [0, 0.1) is 0 Å². The van der Waals surface area contributed by atoms with Crippen LogP contribution >= 0.6 is 0 Å². The Balaban J connectivity index is 1.74. The molecule has 0 bridgehead atoms. The van der Waals surface area contributed by atoms with Crippen LogP contribution in [0.25, 0.3) is 0 Å². The molecule has 0 atom stereocenters. The molecule has 3 heterocycles. The van der Waals surface area contributed by atoms with Crippen molar-refractivity contribution >= 4 is 17.7 Å². The molecule has 1 fully saturated rings. The van der Waals surface area contributed by atoms with Gasteiger partial charge in [-0.05, 0) is 30.5 Å². The molecule has 1 aliphatic heterocycles. The largest absolute Gasteiger partial charge is 0.467 e. The first-order valence-corrected chi connectivity index (χ1v) is 9.07. The molecule has 1 N–H and O–H groups in total. The monoisotopic (exact) mass is 357 g/mol. The molecule has 0 amide bonds. The maximum Gasteiger partial charge on any atom is 0.322 e. The zero-order chi connectivity index (χ0) is 18.4. The number of methoxy groups -OCH3 is 1. The average Bonchev–Trinajstić information content (AvgIpc) is 2.96. The molecule has 0 radical (unpaired) electrons. The van der Waals surface area contributed by atoms with Crippen LogP contribution in [0.5, 0.6) is 6.01 Å². The molecular weight excluding hydrogens is 330 g/mol. The van der Waals surface area contributed by atoms with Gasteiger partial charge in [0.1, 0.15) is 5.82 Å². The summed E-state index contributed by atoms with van der Waals surface area (Å²) in [6.07, 6.45) is 6.67. The van der Waals surface area contributed by atoms with Crippen molar-refractivity contribution in [3.8, 4) is 6.01 Å². The van der Waals surface area contributed by atoms with Crippen molar-refractivity contribution in [1.82, 2.24) is 19.9 Å². The van der Waals surface area contributed by atoms with Crippen LogP contribution in [0.2, 0.25) is 0 Å². The number of hydrogen-bond acceptors (Lipinski definition) is 8. The lowest BCUT2D eigenvalue weighted by Crippen LogP contribution is -2.26. The minimum atomic E-state index is 0.338. The molecule has 140 valence electrons. The molecular formula is C18H27N7O. The summed E-state index contributed by atoms with van der Waals surface area (Å²) in [4.78, 5) is 21.9. The smallest absolute Gasteiger partial charge is 0.322 e. The van der Waals surface area contributed by atoms with Crippen LogP contribution in [-0.4, -0.2) is 54.2 Å². The van der Waals surface area contributed by atoms with Gasteiger partial charge in [-0.25, -0.2) is 4.98 Å². The Morgan fingerprint density at radius 3 is 2.58 bits per heavy atom. The highest BCUT2D eigenvalue weighted by atomic mass is 16.5. The van der Waals surface area contributed by atoms with Gasteiger partial charge in [-0.1, -0.05) is 12.8 Å². The first-order chi connectivity index (χ1) is 12.7. The number of pyridine rings is 1. The number of anilines is 3. The van der Waals surface area contributed by atoms with E-state index in [9.17, 15) is 0 Å². The molecule has 0 aliphatic carbocycles. The van der Waals surface area contributed by atoms with Gasteiger partial charge in [0, 0.05) is 39.9 Å². The maximum atomic E-state index is 5.27. The topological polar surface area (TPSA) is 79.3 Å². The predicted octanol–water partition coefficient (Wildman–Crippen LogP) is 2.33. The minimum absolute atomic E-state index is 0.338. The summed E-state index contributed by atoms with van der Waals surface area (Å²) in [5.74, 6) is 2.13. The summed E-state index contributed by atoms with van der Waals surface area (Å²) in [7, 11) is 5.53. The predicted molar refractivity (Wildman–Crippen MR) is 103 cm³/mol. The van der Waals surface area contributed by atoms with Gasteiger partial charge in [-0.3, -0.25) is 0 Å². The summed E-state index contributed by atoms with van der Waals surface area (Å²) in [5, 5.41) is 3.28. The van der Waals surface area contributed by atoms with Crippen molar-refractivity contribution in [1.29, 1.82) is 0 Å². The standard InChI is InChI=1S/C18H27N7O/c1-24(2)15-12-14(8-9-19-15)13-20-16-21-17(23-18(22-16)26-3)25-10-6-4-5-7-11-25/h8-9,12H,4-7,10-11,13H2,1-3H3,(H,20,21,22,23). The lowest BCUT2D eigenvalue weighted by atomic mass is 10.2. The molecule has 0 saturated carbocycles. The second-order valence-electron chi connectivity index (χ2n) is 6.62. The fraction of sp³-hybridized carbons (Fsp3) is 0.556. The molecule has 0 spiro atoms. The lowest BCUT2D eigenvalue weighted by Gasteiger charge is -2.20. The first kappa shape index (κ1) is 18.2. The van der Waals surface area contributed by atoms with Gasteiger partial charge >= 0.3 is 6.01 Å². The highest BCUT2D eigenvalue weighted by Crippen LogP contribution is 2.19. The van der Waals surface area contributed by atoms with E-state index in [4.69, 9.17) is 4.74 Å². The number of hydrogen-bond donors (Lipinski definition) is 1. The molecule has 0 aromatic carbocycles. The van der Waals surface area contributed by atoms with Gasteiger partial charge < -0.3 is 19.9 Å². The number of nitrogens with one attached hydrogen (secondary N) is 1. The van der Waals surface area contributed by atoms with E-state index in [0.29, 0.717) is 24.5 Å². The van der Waals surface area contributed by atoms with Crippen LogP contribution in [0.1, 0.15) is 31.2 Å². The van der Waals surface area contributed by atoms with E-state index in [2.05, 4.69) is 30.2 Å². The van der Waals surface area contributed by atoms with Crippen LogP contribution < -0.4 is 19.9 Å². The number of rotatable bonds is 6. The van der Waals surface area contributed by atoms with Crippen molar-refractivity contribution in [2.75, 3.05) is 49.4 Å². The van der Waals surface area contributed by atoms with Gasteiger partial charge in [0.05, 0.1) is 7.11 Å². The second kappa shape index (κ2) is 8.64. The molecule has 2 aromatic rings. The van der Waals surface area contributed by atoms with Crippen molar-refractivity contribution in [3.63, 3.8) is 0 Å². The molecule has 8 heteroatoms. The minimum Gasteiger partial charge on any atom is -0.467 e. The molecule has 26 heavy (non-hydrogen) atoms. The van der Waals surface area contributed by atoms with Crippen LogP contribution in [0.4, 0.5) is 17.7 Å². The quantitative estimate of drug-likeness (QED) is 0.844. The zero-order valence-corrected chi connectivity index (χ0v) is 15.8. The van der Waals surface area contributed by atoms with Crippen LogP contribution in [0.15, 0.2) is 18.3 Å². The highest BCUT2D eigenvalue weighted by Gasteiger charge is 2.15. The first-order valence-electron chi connectivity index (χ1n) is 9.07. The number of nitrogens with zero attached hydrogens (tertiary/aromatic N) is 6. The van der Waals surface area contributed by atoms with E-state index in [-0.39, 0.29) is 0 Å². The van der Waals surface area contributed by atoms with Crippen LogP contribution in [-0.2, 0) is 6.54 Å². The third-order valence-electron chi connectivity index (χ3n) is 4.39. The molecule has 3 rings (SSSR count). The SMILES string of the molecule is COc1nc(NCc2ccnc(N(C)C)c2)nc(N2CCCCCC2)n1. The lowest BCUT2D eigenvalue weighted by molar-refractivity contribution is 0.378. The van der Waals surface area contributed by atoms with Gasteiger partial charge in [0.25, 0.3) is 0 Å². The van der Waals surface area contributed by atoms with Gasteiger partial charge in [-0.15, -0.1) is 0 Å². The Labute approximate surface area is 154 Å². The molecule has 0 unspecified atom stereocenters. The van der Waals surface area contributed by atoms with Crippen molar-refractivity contribution in [3.05, 3.63) is 23.9 Å². The normalized spacial score (nSPS) is 14.7.